The number of aliphatic carboxylic acids is 1. The number of ether oxygens (including phenoxy) is 1. The van der Waals surface area contributed by atoms with Gasteiger partial charge in [-0.15, -0.1) is 0 Å². The van der Waals surface area contributed by atoms with E-state index in [9.17, 15) is 9.59 Å². The number of carboxylic acids is 1. The van der Waals surface area contributed by atoms with Crippen molar-refractivity contribution in [1.82, 2.24) is 14.8 Å². The van der Waals surface area contributed by atoms with Gasteiger partial charge >= 0.3 is 12.0 Å². The quantitative estimate of drug-likeness (QED) is 0.872. The van der Waals surface area contributed by atoms with Gasteiger partial charge in [0.2, 0.25) is 0 Å². The highest BCUT2D eigenvalue weighted by molar-refractivity contribution is 5.77. The predicted molar refractivity (Wildman–Crippen MR) is 74.9 cm³/mol. The van der Waals surface area contributed by atoms with Gasteiger partial charge < -0.3 is 19.6 Å². The molecule has 1 fully saturated rings. The van der Waals surface area contributed by atoms with E-state index in [1.54, 1.807) is 24.3 Å². The van der Waals surface area contributed by atoms with Gasteiger partial charge in [0.15, 0.2) is 6.10 Å². The molecule has 0 radical (unpaired) electrons. The molecule has 1 aromatic heterocycles. The van der Waals surface area contributed by atoms with Gasteiger partial charge in [-0.2, -0.15) is 0 Å². The van der Waals surface area contributed by atoms with Gasteiger partial charge in [-0.3, -0.25) is 4.98 Å². The number of amides is 2. The van der Waals surface area contributed by atoms with Crippen molar-refractivity contribution >= 4 is 12.0 Å². The third-order valence-electron chi connectivity index (χ3n) is 3.42. The minimum absolute atomic E-state index is 0.0910. The number of morpholine rings is 1. The number of hydrogen-bond acceptors (Lipinski definition) is 4. The summed E-state index contributed by atoms with van der Waals surface area (Å²) in [7, 11) is 1.72. The molecule has 1 aliphatic rings. The maximum absolute atomic E-state index is 12.3. The van der Waals surface area contributed by atoms with E-state index in [0.717, 1.165) is 12.0 Å². The number of carboxylic acid groups (broad SMARTS) is 1. The number of pyridine rings is 1. The molecule has 1 saturated heterocycles. The van der Waals surface area contributed by atoms with Crippen molar-refractivity contribution in [3.05, 3.63) is 30.1 Å². The Bertz CT molecular complexity index is 494. The van der Waals surface area contributed by atoms with Crippen LogP contribution in [0.1, 0.15) is 5.56 Å². The van der Waals surface area contributed by atoms with E-state index in [4.69, 9.17) is 9.84 Å². The highest BCUT2D eigenvalue weighted by atomic mass is 16.5. The monoisotopic (exact) mass is 293 g/mol. The summed E-state index contributed by atoms with van der Waals surface area (Å²) in [5.74, 6) is -1.04. The Morgan fingerprint density at radius 1 is 1.48 bits per heavy atom. The SMILES string of the molecule is CN(CCc1ccncc1)C(=O)N1CCOC(C(=O)O)C1. The molecule has 0 saturated carbocycles. The normalized spacial score (nSPS) is 18.3. The first-order chi connectivity index (χ1) is 10.1. The summed E-state index contributed by atoms with van der Waals surface area (Å²) in [6.07, 6.45) is 3.24. The standard InChI is InChI=1S/C14H19N3O4/c1-16(7-4-11-2-5-15-6-3-11)14(20)17-8-9-21-12(10-17)13(18)19/h2-3,5-6,12H,4,7-10H2,1H3,(H,18,19). The molecule has 21 heavy (non-hydrogen) atoms. The fourth-order valence-electron chi connectivity index (χ4n) is 2.16. The van der Waals surface area contributed by atoms with Crippen LogP contribution in [0.4, 0.5) is 4.79 Å². The summed E-state index contributed by atoms with van der Waals surface area (Å²) in [5.41, 5.74) is 1.11. The number of likely N-dealkylation sites (N-methyl/N-ethyl adjacent to an activating group) is 1. The van der Waals surface area contributed by atoms with Gasteiger partial charge in [0.05, 0.1) is 13.2 Å². The molecule has 0 aromatic carbocycles. The molecule has 1 atom stereocenters. The Labute approximate surface area is 123 Å². The molecular weight excluding hydrogens is 274 g/mol. The van der Waals surface area contributed by atoms with Gasteiger partial charge in [0.1, 0.15) is 0 Å². The van der Waals surface area contributed by atoms with Crippen LogP contribution in [0.2, 0.25) is 0 Å². The largest absolute Gasteiger partial charge is 0.479 e. The zero-order valence-corrected chi connectivity index (χ0v) is 11.9. The van der Waals surface area contributed by atoms with Crippen LogP contribution in [0.3, 0.4) is 0 Å². The van der Waals surface area contributed by atoms with Crippen LogP contribution >= 0.6 is 0 Å². The lowest BCUT2D eigenvalue weighted by molar-refractivity contribution is -0.154. The zero-order valence-electron chi connectivity index (χ0n) is 11.9. The van der Waals surface area contributed by atoms with E-state index in [1.165, 1.54) is 4.90 Å². The van der Waals surface area contributed by atoms with E-state index in [0.29, 0.717) is 13.1 Å². The highest BCUT2D eigenvalue weighted by Crippen LogP contribution is 2.09. The molecule has 0 bridgehead atoms. The molecule has 2 rings (SSSR count). The van der Waals surface area contributed by atoms with E-state index in [-0.39, 0.29) is 19.2 Å². The van der Waals surface area contributed by atoms with Crippen molar-refractivity contribution < 1.29 is 19.4 Å². The lowest BCUT2D eigenvalue weighted by Crippen LogP contribution is -2.52. The second kappa shape index (κ2) is 7.03. The van der Waals surface area contributed by atoms with Crippen molar-refractivity contribution in [2.45, 2.75) is 12.5 Å². The van der Waals surface area contributed by atoms with Crippen molar-refractivity contribution in [3.63, 3.8) is 0 Å². The van der Waals surface area contributed by atoms with E-state index in [2.05, 4.69) is 4.98 Å². The van der Waals surface area contributed by atoms with E-state index >= 15 is 0 Å². The molecule has 0 spiro atoms. The molecule has 2 amide bonds. The molecule has 1 unspecified atom stereocenters. The summed E-state index contributed by atoms with van der Waals surface area (Å²) in [6, 6.07) is 3.65. The van der Waals surface area contributed by atoms with Crippen LogP contribution < -0.4 is 0 Å². The van der Waals surface area contributed by atoms with Crippen LogP contribution in [-0.4, -0.2) is 71.3 Å². The average molecular weight is 293 g/mol. The van der Waals surface area contributed by atoms with Crippen molar-refractivity contribution in [3.8, 4) is 0 Å². The number of aromatic nitrogens is 1. The Morgan fingerprint density at radius 2 is 2.19 bits per heavy atom. The summed E-state index contributed by atoms with van der Waals surface area (Å²) >= 11 is 0. The average Bonchev–Trinajstić information content (AvgIpc) is 2.53. The second-order valence-electron chi connectivity index (χ2n) is 4.95. The topological polar surface area (TPSA) is 83.0 Å². The summed E-state index contributed by atoms with van der Waals surface area (Å²) < 4.78 is 5.11. The lowest BCUT2D eigenvalue weighted by Gasteiger charge is -2.33. The fourth-order valence-corrected chi connectivity index (χ4v) is 2.16. The highest BCUT2D eigenvalue weighted by Gasteiger charge is 2.30. The number of hydrogen-bond donors (Lipinski definition) is 1. The zero-order chi connectivity index (χ0) is 15.2. The van der Waals surface area contributed by atoms with Gasteiger partial charge in [-0.25, -0.2) is 9.59 Å². The van der Waals surface area contributed by atoms with Gasteiger partial charge in [-0.05, 0) is 24.1 Å². The molecule has 0 aliphatic carbocycles. The molecule has 7 nitrogen and oxygen atoms in total. The van der Waals surface area contributed by atoms with Crippen LogP contribution in [0.5, 0.6) is 0 Å². The fraction of sp³-hybridized carbons (Fsp3) is 0.500. The molecule has 7 heteroatoms. The van der Waals surface area contributed by atoms with Gasteiger partial charge in [0, 0.05) is 32.5 Å². The molecule has 1 N–H and O–H groups in total. The number of carbonyl (C=O) groups is 2. The van der Waals surface area contributed by atoms with Crippen LogP contribution in [0, 0.1) is 0 Å². The van der Waals surface area contributed by atoms with Crippen LogP contribution in [0.25, 0.3) is 0 Å². The van der Waals surface area contributed by atoms with Crippen LogP contribution in [-0.2, 0) is 16.0 Å². The van der Waals surface area contributed by atoms with Crippen molar-refractivity contribution in [2.24, 2.45) is 0 Å². The first kappa shape index (κ1) is 15.2. The minimum atomic E-state index is -1.04. The summed E-state index contributed by atoms with van der Waals surface area (Å²) in [5, 5.41) is 8.95. The van der Waals surface area contributed by atoms with E-state index in [1.807, 2.05) is 12.1 Å². The number of urea groups is 1. The number of nitrogens with zero attached hydrogens (tertiary/aromatic N) is 3. The first-order valence-electron chi connectivity index (χ1n) is 6.81. The summed E-state index contributed by atoms with van der Waals surface area (Å²) in [6.45, 7) is 1.33. The van der Waals surface area contributed by atoms with Crippen molar-refractivity contribution in [2.75, 3.05) is 33.3 Å². The third kappa shape index (κ3) is 4.16. The Kier molecular flexibility index (Phi) is 5.10. The maximum Gasteiger partial charge on any atom is 0.334 e. The third-order valence-corrected chi connectivity index (χ3v) is 3.42. The molecule has 1 aromatic rings. The Morgan fingerprint density at radius 3 is 2.86 bits per heavy atom. The molecule has 2 heterocycles. The van der Waals surface area contributed by atoms with Crippen molar-refractivity contribution in [1.29, 1.82) is 0 Å². The molecule has 114 valence electrons. The molecule has 1 aliphatic heterocycles. The Balaban J connectivity index is 1.85. The predicted octanol–water partition coefficient (Wildman–Crippen LogP) is 0.461. The smallest absolute Gasteiger partial charge is 0.334 e. The van der Waals surface area contributed by atoms with Gasteiger partial charge in [0.25, 0.3) is 0 Å². The number of carbonyl (C=O) groups excluding carboxylic acids is 1. The van der Waals surface area contributed by atoms with Crippen LogP contribution in [0.15, 0.2) is 24.5 Å². The first-order valence-corrected chi connectivity index (χ1v) is 6.81. The second-order valence-corrected chi connectivity index (χ2v) is 4.95. The lowest BCUT2D eigenvalue weighted by atomic mass is 10.2. The minimum Gasteiger partial charge on any atom is -0.479 e. The van der Waals surface area contributed by atoms with Gasteiger partial charge in [-0.1, -0.05) is 0 Å². The maximum atomic E-state index is 12.3. The molecular formula is C14H19N3O4. The Hall–Kier alpha value is -2.15. The van der Waals surface area contributed by atoms with E-state index < -0.39 is 12.1 Å². The number of rotatable bonds is 4. The summed E-state index contributed by atoms with van der Waals surface area (Å²) in [4.78, 5) is 30.3.